The van der Waals surface area contributed by atoms with Crippen LogP contribution in [0.15, 0.2) is 42.5 Å². The van der Waals surface area contributed by atoms with E-state index in [1.165, 1.54) is 7.11 Å². The van der Waals surface area contributed by atoms with Crippen LogP contribution in [0, 0.1) is 0 Å². The average molecular weight is 311 g/mol. The fourth-order valence-corrected chi connectivity index (χ4v) is 2.81. The van der Waals surface area contributed by atoms with Crippen LogP contribution in [0.1, 0.15) is 19.3 Å². The normalized spacial score (nSPS) is 10.5. The summed E-state index contributed by atoms with van der Waals surface area (Å²) in [5, 5.41) is 0. The molecule has 18 heavy (non-hydrogen) atoms. The molecule has 0 N–H and O–H groups in total. The Labute approximate surface area is 113 Å². The zero-order valence-corrected chi connectivity index (χ0v) is 12.0. The maximum absolute atomic E-state index is 11.7. The monoisotopic (exact) mass is 312 g/mol. The Kier molecular flexibility index (Phi) is 7.07. The third kappa shape index (κ3) is 6.38. The molecule has 0 atom stereocenters. The Morgan fingerprint density at radius 3 is 2.61 bits per heavy atom. The molecule has 0 radical (unpaired) electrons. The molecule has 0 saturated heterocycles. The van der Waals surface area contributed by atoms with Crippen LogP contribution in [0.25, 0.3) is 0 Å². The van der Waals surface area contributed by atoms with Crippen molar-refractivity contribution in [2.75, 3.05) is 7.11 Å². The standard InChI is InChI=1S/C14H16O3Se/c1-17-13(15)10-6-3-7-11-14(16)18-12-8-4-2-5-9-12/h2-5,7-9H,6,10-11H2,1H3/b7-3+. The van der Waals surface area contributed by atoms with E-state index in [2.05, 4.69) is 4.74 Å². The van der Waals surface area contributed by atoms with Crippen molar-refractivity contribution in [3.8, 4) is 0 Å². The molecule has 0 saturated carbocycles. The first-order valence-corrected chi connectivity index (χ1v) is 7.41. The first-order valence-electron chi connectivity index (χ1n) is 5.70. The number of ether oxygens (including phenoxy) is 1. The summed E-state index contributed by atoms with van der Waals surface area (Å²) in [7, 11) is 1.37. The molecule has 3 nitrogen and oxygen atoms in total. The summed E-state index contributed by atoms with van der Waals surface area (Å²) in [5.74, 6) is -0.223. The van der Waals surface area contributed by atoms with Gasteiger partial charge < -0.3 is 0 Å². The molecule has 0 aliphatic rings. The molecule has 0 amide bonds. The van der Waals surface area contributed by atoms with Gasteiger partial charge in [-0.05, 0) is 0 Å². The van der Waals surface area contributed by atoms with E-state index in [0.29, 0.717) is 19.3 Å². The number of carbonyl (C=O) groups excluding carboxylic acids is 2. The van der Waals surface area contributed by atoms with Gasteiger partial charge in [-0.1, -0.05) is 0 Å². The van der Waals surface area contributed by atoms with E-state index in [4.69, 9.17) is 0 Å². The predicted molar refractivity (Wildman–Crippen MR) is 71.8 cm³/mol. The molecular weight excluding hydrogens is 295 g/mol. The SMILES string of the molecule is COC(=O)CC/C=C/CC(=O)[Se]c1ccccc1. The van der Waals surface area contributed by atoms with Crippen molar-refractivity contribution in [1.82, 2.24) is 0 Å². The predicted octanol–water partition coefficient (Wildman–Crippen LogP) is 1.44. The van der Waals surface area contributed by atoms with Crippen molar-refractivity contribution in [2.24, 2.45) is 0 Å². The van der Waals surface area contributed by atoms with Gasteiger partial charge in [0.05, 0.1) is 0 Å². The number of hydrogen-bond donors (Lipinski definition) is 0. The fourth-order valence-electron chi connectivity index (χ4n) is 1.26. The van der Waals surface area contributed by atoms with Gasteiger partial charge in [0.25, 0.3) is 0 Å². The van der Waals surface area contributed by atoms with Crippen molar-refractivity contribution < 1.29 is 14.3 Å². The van der Waals surface area contributed by atoms with Gasteiger partial charge >= 0.3 is 113 Å². The zero-order chi connectivity index (χ0) is 13.2. The van der Waals surface area contributed by atoms with Crippen molar-refractivity contribution in [3.05, 3.63) is 42.5 Å². The van der Waals surface area contributed by atoms with E-state index in [9.17, 15) is 9.59 Å². The summed E-state index contributed by atoms with van der Waals surface area (Å²) < 4.78 is 5.85. The number of rotatable bonds is 7. The maximum atomic E-state index is 11.7. The molecule has 0 aliphatic heterocycles. The minimum absolute atomic E-state index is 0.117. The Hall–Kier alpha value is -1.38. The molecule has 0 aliphatic carbocycles. The quantitative estimate of drug-likeness (QED) is 0.435. The van der Waals surface area contributed by atoms with Crippen LogP contribution >= 0.6 is 0 Å². The molecule has 0 bridgehead atoms. The third-order valence-electron chi connectivity index (χ3n) is 2.17. The molecule has 1 aromatic carbocycles. The van der Waals surface area contributed by atoms with Crippen molar-refractivity contribution in [3.63, 3.8) is 0 Å². The molecule has 0 aromatic heterocycles. The van der Waals surface area contributed by atoms with Crippen LogP contribution in [-0.4, -0.2) is 32.7 Å². The van der Waals surface area contributed by atoms with E-state index in [-0.39, 0.29) is 25.6 Å². The van der Waals surface area contributed by atoms with Gasteiger partial charge in [0.15, 0.2) is 0 Å². The van der Waals surface area contributed by atoms with Crippen LogP contribution in [0.5, 0.6) is 0 Å². The second-order valence-electron chi connectivity index (χ2n) is 3.58. The third-order valence-corrected chi connectivity index (χ3v) is 4.06. The van der Waals surface area contributed by atoms with Gasteiger partial charge in [-0.3, -0.25) is 0 Å². The van der Waals surface area contributed by atoms with E-state index in [0.717, 1.165) is 4.46 Å². The van der Waals surface area contributed by atoms with Crippen LogP contribution in [0.3, 0.4) is 0 Å². The van der Waals surface area contributed by atoms with Crippen molar-refractivity contribution in [1.29, 1.82) is 0 Å². The van der Waals surface area contributed by atoms with Gasteiger partial charge in [0, 0.05) is 0 Å². The minimum atomic E-state index is -0.223. The summed E-state index contributed by atoms with van der Waals surface area (Å²) in [6.07, 6.45) is 5.12. The Bertz CT molecular complexity index is 412. The summed E-state index contributed by atoms with van der Waals surface area (Å²) in [6.45, 7) is 0. The average Bonchev–Trinajstić information content (AvgIpc) is 2.39. The number of methoxy groups -OCH3 is 1. The molecule has 1 aromatic rings. The van der Waals surface area contributed by atoms with Crippen molar-refractivity contribution in [2.45, 2.75) is 19.3 Å². The summed E-state index contributed by atoms with van der Waals surface area (Å²) >= 11 is -0.117. The van der Waals surface area contributed by atoms with E-state index >= 15 is 0 Å². The van der Waals surface area contributed by atoms with Crippen LogP contribution in [0.2, 0.25) is 0 Å². The number of carbonyl (C=O) groups is 2. The summed E-state index contributed by atoms with van der Waals surface area (Å²) in [6, 6.07) is 9.77. The molecule has 0 spiro atoms. The van der Waals surface area contributed by atoms with Gasteiger partial charge in [-0.15, -0.1) is 0 Å². The topological polar surface area (TPSA) is 43.4 Å². The second-order valence-corrected chi connectivity index (χ2v) is 5.95. The molecule has 0 fully saturated rings. The number of esters is 1. The number of allylic oxidation sites excluding steroid dienone is 2. The molecule has 1 rings (SSSR count). The Morgan fingerprint density at radius 2 is 1.94 bits per heavy atom. The van der Waals surface area contributed by atoms with E-state index < -0.39 is 0 Å². The van der Waals surface area contributed by atoms with Crippen LogP contribution in [-0.2, 0) is 14.3 Å². The van der Waals surface area contributed by atoms with Crippen LogP contribution in [0.4, 0.5) is 0 Å². The number of hydrogen-bond acceptors (Lipinski definition) is 3. The van der Waals surface area contributed by atoms with Crippen molar-refractivity contribution >= 4 is 30.1 Å². The molecular formula is C14H16O3Se. The summed E-state index contributed by atoms with van der Waals surface area (Å²) in [4.78, 5) is 22.5. The molecule has 0 heterocycles. The molecule has 96 valence electrons. The molecule has 4 heteroatoms. The second kappa shape index (κ2) is 8.67. The van der Waals surface area contributed by atoms with Gasteiger partial charge in [0.1, 0.15) is 0 Å². The first kappa shape index (κ1) is 14.7. The van der Waals surface area contributed by atoms with Crippen LogP contribution < -0.4 is 4.46 Å². The Balaban J connectivity index is 2.21. The Morgan fingerprint density at radius 1 is 1.22 bits per heavy atom. The van der Waals surface area contributed by atoms with Gasteiger partial charge in [-0.25, -0.2) is 0 Å². The fraction of sp³-hybridized carbons (Fsp3) is 0.286. The summed E-state index contributed by atoms with van der Waals surface area (Å²) in [5.41, 5.74) is 0. The van der Waals surface area contributed by atoms with E-state index in [1.807, 2.05) is 42.5 Å². The number of benzene rings is 1. The van der Waals surface area contributed by atoms with Gasteiger partial charge in [0.2, 0.25) is 0 Å². The molecule has 0 unspecified atom stereocenters. The zero-order valence-electron chi connectivity index (χ0n) is 10.3. The van der Waals surface area contributed by atoms with Gasteiger partial charge in [-0.2, -0.15) is 0 Å². The first-order chi connectivity index (χ1) is 8.72. The van der Waals surface area contributed by atoms with E-state index in [1.54, 1.807) is 0 Å².